The Morgan fingerprint density at radius 1 is 1.08 bits per heavy atom. The number of ether oxygens (including phenoxy) is 1. The summed E-state index contributed by atoms with van der Waals surface area (Å²) in [4.78, 5) is 15.3. The van der Waals surface area contributed by atoms with Crippen molar-refractivity contribution in [2.75, 3.05) is 6.61 Å². The van der Waals surface area contributed by atoms with Gasteiger partial charge in [0, 0.05) is 6.42 Å². The third-order valence-corrected chi connectivity index (χ3v) is 5.56. The molecule has 1 fully saturated rings. The van der Waals surface area contributed by atoms with Crippen LogP contribution >= 0.6 is 0 Å². The molecule has 2 atom stereocenters. The lowest BCUT2D eigenvalue weighted by Crippen LogP contribution is -2.50. The quantitative estimate of drug-likeness (QED) is 0.835. The van der Waals surface area contributed by atoms with E-state index in [9.17, 15) is 4.79 Å². The fourth-order valence-electron chi connectivity index (χ4n) is 4.30. The van der Waals surface area contributed by atoms with Crippen LogP contribution < -0.4 is 0 Å². The summed E-state index contributed by atoms with van der Waals surface area (Å²) in [6.07, 6.45) is 4.32. The zero-order chi connectivity index (χ0) is 17.3. The van der Waals surface area contributed by atoms with E-state index in [0.717, 1.165) is 31.2 Å². The summed E-state index contributed by atoms with van der Waals surface area (Å²) in [5.41, 5.74) is 3.07. The van der Waals surface area contributed by atoms with Crippen LogP contribution in [-0.2, 0) is 22.4 Å². The minimum atomic E-state index is -0.500. The minimum absolute atomic E-state index is 0.0138. The highest BCUT2D eigenvalue weighted by Crippen LogP contribution is 2.44. The van der Waals surface area contributed by atoms with Crippen LogP contribution in [0.1, 0.15) is 48.9 Å². The van der Waals surface area contributed by atoms with E-state index in [-0.39, 0.29) is 11.9 Å². The maximum absolute atomic E-state index is 13.3. The van der Waals surface area contributed by atoms with Crippen molar-refractivity contribution in [1.29, 1.82) is 0 Å². The van der Waals surface area contributed by atoms with Crippen molar-refractivity contribution >= 4 is 5.91 Å². The van der Waals surface area contributed by atoms with Gasteiger partial charge in [-0.25, -0.2) is 0 Å². The molecule has 1 amide bonds. The first-order valence-corrected chi connectivity index (χ1v) is 9.31. The van der Waals surface area contributed by atoms with E-state index in [2.05, 4.69) is 42.2 Å². The molecular weight excluding hydrogens is 310 g/mol. The molecule has 1 saturated heterocycles. The molecule has 0 spiro atoms. The zero-order valence-electron chi connectivity index (χ0n) is 14.8. The topological polar surface area (TPSA) is 29.5 Å². The Balaban J connectivity index is 1.77. The normalized spacial score (nSPS) is 25.4. The van der Waals surface area contributed by atoms with E-state index >= 15 is 0 Å². The van der Waals surface area contributed by atoms with Gasteiger partial charge in [-0.3, -0.25) is 4.79 Å². The molecule has 3 heteroatoms. The van der Waals surface area contributed by atoms with Gasteiger partial charge in [0.05, 0.1) is 19.1 Å². The molecular formula is C22H25NO2. The standard InChI is InChI=1S/C22H25NO2/c1-2-3-13-22-15-19-12-8-7-11-18(19)14-21(24)23(22)20(16-25-22)17-9-5-4-6-10-17/h4-12,20H,2-3,13-16H2,1H3/t20-,22-/m0/s1. The number of carbonyl (C=O) groups excluding carboxylic acids is 1. The van der Waals surface area contributed by atoms with Gasteiger partial charge in [0.2, 0.25) is 5.91 Å². The van der Waals surface area contributed by atoms with Crippen molar-refractivity contribution in [3.8, 4) is 0 Å². The summed E-state index contributed by atoms with van der Waals surface area (Å²) in [6.45, 7) is 2.78. The van der Waals surface area contributed by atoms with Crippen LogP contribution in [-0.4, -0.2) is 23.1 Å². The molecule has 130 valence electrons. The second-order valence-corrected chi connectivity index (χ2v) is 7.17. The number of hydrogen-bond acceptors (Lipinski definition) is 2. The summed E-state index contributed by atoms with van der Waals surface area (Å²) in [6, 6.07) is 18.7. The first-order valence-electron chi connectivity index (χ1n) is 9.31. The van der Waals surface area contributed by atoms with Crippen LogP contribution in [0.25, 0.3) is 0 Å². The van der Waals surface area contributed by atoms with Crippen molar-refractivity contribution < 1.29 is 9.53 Å². The maximum atomic E-state index is 13.3. The molecule has 4 rings (SSSR count). The summed E-state index contributed by atoms with van der Waals surface area (Å²) in [7, 11) is 0. The van der Waals surface area contributed by atoms with E-state index < -0.39 is 5.72 Å². The number of rotatable bonds is 4. The van der Waals surface area contributed by atoms with Crippen LogP contribution in [0, 0.1) is 0 Å². The van der Waals surface area contributed by atoms with Gasteiger partial charge in [-0.15, -0.1) is 0 Å². The molecule has 2 aliphatic heterocycles. The number of carbonyl (C=O) groups is 1. The fourth-order valence-corrected chi connectivity index (χ4v) is 4.30. The second kappa shape index (κ2) is 6.64. The predicted octanol–water partition coefficient (Wildman–Crippen LogP) is 4.27. The Labute approximate surface area is 149 Å². The zero-order valence-corrected chi connectivity index (χ0v) is 14.8. The number of fused-ring (bicyclic) bond motifs is 2. The average Bonchev–Trinajstić information content (AvgIpc) is 2.96. The summed E-state index contributed by atoms with van der Waals surface area (Å²) >= 11 is 0. The van der Waals surface area contributed by atoms with Crippen LogP contribution in [0.2, 0.25) is 0 Å². The highest BCUT2D eigenvalue weighted by Gasteiger charge is 2.51. The van der Waals surface area contributed by atoms with E-state index in [1.165, 1.54) is 11.1 Å². The molecule has 0 unspecified atom stereocenters. The molecule has 0 saturated carbocycles. The van der Waals surface area contributed by atoms with Crippen LogP contribution in [0.5, 0.6) is 0 Å². The monoisotopic (exact) mass is 335 g/mol. The SMILES string of the molecule is CCCC[C@]12Cc3ccccc3CC(=O)N1[C@H](c1ccccc1)CO2. The maximum Gasteiger partial charge on any atom is 0.229 e. The third kappa shape index (κ3) is 2.87. The lowest BCUT2D eigenvalue weighted by Gasteiger charge is -2.38. The number of nitrogens with zero attached hydrogens (tertiary/aromatic N) is 1. The number of amides is 1. The molecule has 2 aromatic rings. The Bertz CT molecular complexity index is 758. The van der Waals surface area contributed by atoms with E-state index in [1.807, 2.05) is 24.3 Å². The highest BCUT2D eigenvalue weighted by molar-refractivity contribution is 5.81. The molecule has 25 heavy (non-hydrogen) atoms. The van der Waals surface area contributed by atoms with Gasteiger partial charge in [-0.2, -0.15) is 0 Å². The average molecular weight is 335 g/mol. The number of unbranched alkanes of at least 4 members (excludes halogenated alkanes) is 1. The first-order chi connectivity index (χ1) is 12.2. The number of benzene rings is 2. The molecule has 0 radical (unpaired) electrons. The third-order valence-electron chi connectivity index (χ3n) is 5.56. The molecule has 2 aliphatic rings. The van der Waals surface area contributed by atoms with Crippen LogP contribution in [0.15, 0.2) is 54.6 Å². The Morgan fingerprint density at radius 2 is 1.80 bits per heavy atom. The van der Waals surface area contributed by atoms with Gasteiger partial charge >= 0.3 is 0 Å². The molecule has 0 aromatic heterocycles. The predicted molar refractivity (Wildman–Crippen MR) is 98.1 cm³/mol. The fraction of sp³-hybridized carbons (Fsp3) is 0.409. The molecule has 3 nitrogen and oxygen atoms in total. The van der Waals surface area contributed by atoms with E-state index in [4.69, 9.17) is 4.74 Å². The van der Waals surface area contributed by atoms with Gasteiger partial charge in [0.1, 0.15) is 5.72 Å². The van der Waals surface area contributed by atoms with Crippen LogP contribution in [0.3, 0.4) is 0 Å². The van der Waals surface area contributed by atoms with Gasteiger partial charge in [-0.05, 0) is 29.5 Å². The lowest BCUT2D eigenvalue weighted by atomic mass is 9.94. The van der Waals surface area contributed by atoms with Gasteiger partial charge in [0.15, 0.2) is 0 Å². The van der Waals surface area contributed by atoms with Crippen LogP contribution in [0.4, 0.5) is 0 Å². The van der Waals surface area contributed by atoms with E-state index in [1.54, 1.807) is 0 Å². The Kier molecular flexibility index (Phi) is 4.34. The van der Waals surface area contributed by atoms with Gasteiger partial charge in [-0.1, -0.05) is 67.9 Å². The molecule has 2 heterocycles. The Morgan fingerprint density at radius 3 is 2.56 bits per heavy atom. The minimum Gasteiger partial charge on any atom is -0.353 e. The summed E-state index contributed by atoms with van der Waals surface area (Å²) < 4.78 is 6.43. The summed E-state index contributed by atoms with van der Waals surface area (Å²) in [5, 5.41) is 0. The van der Waals surface area contributed by atoms with Crippen molar-refractivity contribution in [1.82, 2.24) is 4.90 Å². The van der Waals surface area contributed by atoms with Crippen molar-refractivity contribution in [2.24, 2.45) is 0 Å². The molecule has 0 bridgehead atoms. The highest BCUT2D eigenvalue weighted by atomic mass is 16.5. The molecule has 0 N–H and O–H groups in total. The largest absolute Gasteiger partial charge is 0.353 e. The second-order valence-electron chi connectivity index (χ2n) is 7.17. The van der Waals surface area contributed by atoms with E-state index in [0.29, 0.717) is 13.0 Å². The van der Waals surface area contributed by atoms with Gasteiger partial charge < -0.3 is 9.64 Å². The molecule has 2 aromatic carbocycles. The smallest absolute Gasteiger partial charge is 0.229 e. The summed E-state index contributed by atoms with van der Waals surface area (Å²) in [5.74, 6) is 0.187. The first kappa shape index (κ1) is 16.3. The van der Waals surface area contributed by atoms with Gasteiger partial charge in [0.25, 0.3) is 0 Å². The molecule has 0 aliphatic carbocycles. The lowest BCUT2D eigenvalue weighted by molar-refractivity contribution is -0.151. The Hall–Kier alpha value is -2.13. The number of hydrogen-bond donors (Lipinski definition) is 0. The van der Waals surface area contributed by atoms with Crippen molar-refractivity contribution in [2.45, 2.75) is 50.8 Å². The van der Waals surface area contributed by atoms with Crippen molar-refractivity contribution in [3.05, 3.63) is 71.3 Å². The van der Waals surface area contributed by atoms with Crippen molar-refractivity contribution in [3.63, 3.8) is 0 Å².